The summed E-state index contributed by atoms with van der Waals surface area (Å²) in [4.78, 5) is 13.3. The molecule has 0 spiro atoms. The number of carboxylic acids is 1. The van der Waals surface area contributed by atoms with Crippen molar-refractivity contribution in [3.8, 4) is 0 Å². The van der Waals surface area contributed by atoms with Crippen molar-refractivity contribution in [1.29, 1.82) is 0 Å². The van der Waals surface area contributed by atoms with Crippen molar-refractivity contribution in [2.75, 3.05) is 39.9 Å². The highest BCUT2D eigenvalue weighted by molar-refractivity contribution is 5.68. The van der Waals surface area contributed by atoms with E-state index in [2.05, 4.69) is 24.1 Å². The third-order valence-electron chi connectivity index (χ3n) is 3.21. The van der Waals surface area contributed by atoms with Gasteiger partial charge in [-0.15, -0.1) is 0 Å². The summed E-state index contributed by atoms with van der Waals surface area (Å²) in [6.45, 7) is 8.18. The van der Waals surface area contributed by atoms with Crippen molar-refractivity contribution in [3.05, 3.63) is 0 Å². The molecule has 0 bridgehead atoms. The van der Waals surface area contributed by atoms with Crippen molar-refractivity contribution < 1.29 is 14.6 Å². The van der Waals surface area contributed by atoms with Crippen LogP contribution in [0.5, 0.6) is 0 Å². The summed E-state index contributed by atoms with van der Waals surface area (Å²) in [6, 6.07) is 0. The minimum Gasteiger partial charge on any atom is -0.481 e. The molecule has 0 amide bonds. The van der Waals surface area contributed by atoms with Gasteiger partial charge in [0.2, 0.25) is 0 Å². The molecule has 0 atom stereocenters. The van der Waals surface area contributed by atoms with Crippen molar-refractivity contribution in [2.24, 2.45) is 5.92 Å². The summed E-state index contributed by atoms with van der Waals surface area (Å²) in [5, 5.41) is 12.2. The first-order valence-corrected chi connectivity index (χ1v) is 6.16. The van der Waals surface area contributed by atoms with Crippen LogP contribution in [0, 0.1) is 5.92 Å². The summed E-state index contributed by atoms with van der Waals surface area (Å²) in [7, 11) is 1.68. The molecular formula is C12H24N2O3. The second-order valence-electron chi connectivity index (χ2n) is 5.23. The molecule has 0 saturated carbocycles. The van der Waals surface area contributed by atoms with Gasteiger partial charge in [0.1, 0.15) is 0 Å². The number of methoxy groups -OCH3 is 1. The minimum atomic E-state index is -0.724. The third kappa shape index (κ3) is 3.94. The molecule has 5 nitrogen and oxygen atoms in total. The maximum absolute atomic E-state index is 11.0. The second-order valence-corrected chi connectivity index (χ2v) is 5.23. The zero-order chi connectivity index (χ0) is 12.9. The zero-order valence-electron chi connectivity index (χ0n) is 11.0. The van der Waals surface area contributed by atoms with Crippen LogP contribution in [0.25, 0.3) is 0 Å². The van der Waals surface area contributed by atoms with Crippen molar-refractivity contribution in [3.63, 3.8) is 0 Å². The lowest BCUT2D eigenvalue weighted by atomic mass is 9.85. The van der Waals surface area contributed by atoms with Gasteiger partial charge in [-0.25, -0.2) is 0 Å². The van der Waals surface area contributed by atoms with E-state index in [1.165, 1.54) is 0 Å². The molecule has 0 aromatic carbocycles. The van der Waals surface area contributed by atoms with Crippen LogP contribution in [-0.4, -0.2) is 61.4 Å². The lowest BCUT2D eigenvalue weighted by Crippen LogP contribution is -2.70. The number of hydrogen-bond donors (Lipinski definition) is 2. The topological polar surface area (TPSA) is 61.8 Å². The number of ether oxygens (including phenoxy) is 1. The molecule has 1 aliphatic heterocycles. The summed E-state index contributed by atoms with van der Waals surface area (Å²) in [5.74, 6) is -0.198. The number of carboxylic acid groups (broad SMARTS) is 1. The maximum Gasteiger partial charge on any atom is 0.305 e. The van der Waals surface area contributed by atoms with Gasteiger partial charge in [0.15, 0.2) is 0 Å². The van der Waals surface area contributed by atoms with Crippen LogP contribution in [0.4, 0.5) is 0 Å². The maximum atomic E-state index is 11.0. The SMILES string of the molecule is COCCN(CC(C)C)C1(CC(=O)O)CNC1. The number of aliphatic carboxylic acids is 1. The Labute approximate surface area is 103 Å². The molecule has 0 radical (unpaired) electrons. The predicted octanol–water partition coefficient (Wildman–Crippen LogP) is 0.408. The van der Waals surface area contributed by atoms with Crippen molar-refractivity contribution >= 4 is 5.97 Å². The highest BCUT2D eigenvalue weighted by Gasteiger charge is 2.44. The van der Waals surface area contributed by atoms with Gasteiger partial charge in [-0.3, -0.25) is 9.69 Å². The van der Waals surface area contributed by atoms with E-state index in [1.807, 2.05) is 0 Å². The van der Waals surface area contributed by atoms with Gasteiger partial charge in [-0.2, -0.15) is 0 Å². The Morgan fingerprint density at radius 3 is 2.53 bits per heavy atom. The monoisotopic (exact) mass is 244 g/mol. The van der Waals surface area contributed by atoms with Gasteiger partial charge >= 0.3 is 5.97 Å². The molecule has 1 heterocycles. The molecule has 100 valence electrons. The lowest BCUT2D eigenvalue weighted by molar-refractivity contribution is -0.142. The fourth-order valence-corrected chi connectivity index (χ4v) is 2.32. The number of rotatable bonds is 8. The van der Waals surface area contributed by atoms with Crippen LogP contribution in [0.15, 0.2) is 0 Å². The minimum absolute atomic E-state index is 0.205. The van der Waals surface area contributed by atoms with E-state index in [1.54, 1.807) is 7.11 Å². The average Bonchev–Trinajstić information content (AvgIpc) is 2.17. The molecule has 5 heteroatoms. The molecule has 1 rings (SSSR count). The Hall–Kier alpha value is -0.650. The van der Waals surface area contributed by atoms with E-state index in [9.17, 15) is 4.79 Å². The molecule has 1 aliphatic rings. The number of nitrogens with one attached hydrogen (secondary N) is 1. The van der Waals surface area contributed by atoms with E-state index >= 15 is 0 Å². The highest BCUT2D eigenvalue weighted by Crippen LogP contribution is 2.25. The van der Waals surface area contributed by atoms with Gasteiger partial charge in [-0.1, -0.05) is 13.8 Å². The first kappa shape index (κ1) is 14.4. The third-order valence-corrected chi connectivity index (χ3v) is 3.21. The molecule has 0 unspecified atom stereocenters. The first-order valence-electron chi connectivity index (χ1n) is 6.16. The lowest BCUT2D eigenvalue weighted by Gasteiger charge is -2.50. The molecule has 2 N–H and O–H groups in total. The normalized spacial score (nSPS) is 18.4. The summed E-state index contributed by atoms with van der Waals surface area (Å²) in [6.07, 6.45) is 0.205. The van der Waals surface area contributed by atoms with Crippen LogP contribution >= 0.6 is 0 Å². The van der Waals surface area contributed by atoms with Crippen molar-refractivity contribution in [2.45, 2.75) is 25.8 Å². The summed E-state index contributed by atoms with van der Waals surface area (Å²) >= 11 is 0. The Balaban J connectivity index is 2.66. The van der Waals surface area contributed by atoms with Gasteiger partial charge < -0.3 is 15.2 Å². The molecule has 1 saturated heterocycles. The summed E-state index contributed by atoms with van der Waals surface area (Å²) in [5.41, 5.74) is -0.214. The number of nitrogens with zero attached hydrogens (tertiary/aromatic N) is 1. The van der Waals surface area contributed by atoms with Crippen LogP contribution in [0.3, 0.4) is 0 Å². The molecule has 17 heavy (non-hydrogen) atoms. The van der Waals surface area contributed by atoms with Crippen LogP contribution in [-0.2, 0) is 9.53 Å². The van der Waals surface area contributed by atoms with Gasteiger partial charge in [-0.05, 0) is 5.92 Å². The Kier molecular flexibility index (Phi) is 5.36. The van der Waals surface area contributed by atoms with Gasteiger partial charge in [0, 0.05) is 33.3 Å². The van der Waals surface area contributed by atoms with Gasteiger partial charge in [0.25, 0.3) is 0 Å². The fraction of sp³-hybridized carbons (Fsp3) is 0.917. The molecule has 0 aromatic rings. The van der Waals surface area contributed by atoms with E-state index in [4.69, 9.17) is 9.84 Å². The molecule has 1 fully saturated rings. The zero-order valence-corrected chi connectivity index (χ0v) is 11.0. The number of carbonyl (C=O) groups is 1. The Morgan fingerprint density at radius 1 is 1.53 bits per heavy atom. The predicted molar refractivity (Wildman–Crippen MR) is 66.1 cm³/mol. The highest BCUT2D eigenvalue weighted by atomic mass is 16.5. The quantitative estimate of drug-likeness (QED) is 0.647. The van der Waals surface area contributed by atoms with E-state index < -0.39 is 5.97 Å². The molecular weight excluding hydrogens is 220 g/mol. The van der Waals surface area contributed by atoms with E-state index in [0.29, 0.717) is 12.5 Å². The standard InChI is InChI=1S/C12H24N2O3/c1-10(2)7-14(4-5-17-3)12(6-11(15)16)8-13-9-12/h10,13H,4-9H2,1-3H3,(H,15,16). The fourth-order valence-electron chi connectivity index (χ4n) is 2.32. The van der Waals surface area contributed by atoms with Gasteiger partial charge in [0.05, 0.1) is 18.6 Å². The van der Waals surface area contributed by atoms with Crippen molar-refractivity contribution in [1.82, 2.24) is 10.2 Å². The van der Waals surface area contributed by atoms with Crippen LogP contribution in [0.1, 0.15) is 20.3 Å². The van der Waals surface area contributed by atoms with Crippen LogP contribution < -0.4 is 5.32 Å². The first-order chi connectivity index (χ1) is 8.00. The number of hydrogen-bond acceptors (Lipinski definition) is 4. The average molecular weight is 244 g/mol. The second kappa shape index (κ2) is 6.33. The summed E-state index contributed by atoms with van der Waals surface area (Å²) < 4.78 is 5.11. The van der Waals surface area contributed by atoms with E-state index in [0.717, 1.165) is 26.2 Å². The molecule has 0 aliphatic carbocycles. The molecule has 0 aromatic heterocycles. The Bertz CT molecular complexity index is 252. The van der Waals surface area contributed by atoms with Crippen LogP contribution in [0.2, 0.25) is 0 Å². The van der Waals surface area contributed by atoms with E-state index in [-0.39, 0.29) is 12.0 Å². The largest absolute Gasteiger partial charge is 0.481 e. The Morgan fingerprint density at radius 2 is 2.18 bits per heavy atom. The smallest absolute Gasteiger partial charge is 0.305 e.